The Kier molecular flexibility index (Phi) is 5.77. The molecule has 28 heavy (non-hydrogen) atoms. The van der Waals surface area contributed by atoms with Crippen LogP contribution in [0.1, 0.15) is 29.6 Å². The molecule has 0 bridgehead atoms. The molecule has 0 unspecified atom stereocenters. The van der Waals surface area contributed by atoms with Crippen LogP contribution in [0.4, 0.5) is 0 Å². The average Bonchev–Trinajstić information content (AvgIpc) is 3.22. The molecule has 3 heterocycles. The molecule has 0 atom stereocenters. The number of piperidine rings is 1. The SMILES string of the molecule is O=C(CSc1ncnc2sccc12)c1ccc(S(=O)(=O)N2CCCCC2)cc1. The van der Waals surface area contributed by atoms with Gasteiger partial charge in [-0.05, 0) is 36.4 Å². The second-order valence-electron chi connectivity index (χ2n) is 6.52. The monoisotopic (exact) mass is 433 g/mol. The number of thiophene rings is 1. The van der Waals surface area contributed by atoms with Crippen molar-refractivity contribution in [2.75, 3.05) is 18.8 Å². The zero-order valence-electron chi connectivity index (χ0n) is 15.1. The van der Waals surface area contributed by atoms with E-state index in [-0.39, 0.29) is 16.4 Å². The molecule has 6 nitrogen and oxygen atoms in total. The maximum absolute atomic E-state index is 12.7. The quantitative estimate of drug-likeness (QED) is 0.334. The Bertz CT molecular complexity index is 1090. The topological polar surface area (TPSA) is 80.2 Å². The number of fused-ring (bicyclic) bond motifs is 1. The summed E-state index contributed by atoms with van der Waals surface area (Å²) in [6.45, 7) is 1.13. The summed E-state index contributed by atoms with van der Waals surface area (Å²) in [7, 11) is -3.48. The molecule has 0 spiro atoms. The van der Waals surface area contributed by atoms with Gasteiger partial charge in [-0.3, -0.25) is 4.79 Å². The summed E-state index contributed by atoms with van der Waals surface area (Å²) in [6.07, 6.45) is 4.37. The number of aromatic nitrogens is 2. The van der Waals surface area contributed by atoms with Crippen LogP contribution >= 0.6 is 23.1 Å². The Morgan fingerprint density at radius 3 is 2.57 bits per heavy atom. The molecule has 1 aliphatic heterocycles. The number of thioether (sulfide) groups is 1. The van der Waals surface area contributed by atoms with E-state index in [9.17, 15) is 13.2 Å². The zero-order chi connectivity index (χ0) is 19.6. The maximum atomic E-state index is 12.7. The summed E-state index contributed by atoms with van der Waals surface area (Å²) in [4.78, 5) is 22.1. The number of carbonyl (C=O) groups excluding carboxylic acids is 1. The summed E-state index contributed by atoms with van der Waals surface area (Å²) in [5.74, 6) is 0.175. The van der Waals surface area contributed by atoms with Crippen LogP contribution in [0.3, 0.4) is 0 Å². The molecule has 0 N–H and O–H groups in total. The highest BCUT2D eigenvalue weighted by atomic mass is 32.2. The smallest absolute Gasteiger partial charge is 0.243 e. The van der Waals surface area contributed by atoms with Crippen molar-refractivity contribution in [2.45, 2.75) is 29.2 Å². The van der Waals surface area contributed by atoms with Gasteiger partial charge in [0.05, 0.1) is 10.6 Å². The van der Waals surface area contributed by atoms with E-state index in [1.807, 2.05) is 11.4 Å². The molecule has 4 rings (SSSR count). The maximum Gasteiger partial charge on any atom is 0.243 e. The molecule has 146 valence electrons. The Morgan fingerprint density at radius 2 is 1.82 bits per heavy atom. The van der Waals surface area contributed by atoms with E-state index in [2.05, 4.69) is 9.97 Å². The van der Waals surface area contributed by atoms with Crippen LogP contribution in [-0.4, -0.2) is 47.3 Å². The van der Waals surface area contributed by atoms with Gasteiger partial charge < -0.3 is 0 Å². The summed E-state index contributed by atoms with van der Waals surface area (Å²) >= 11 is 2.91. The Morgan fingerprint density at radius 1 is 1.07 bits per heavy atom. The third-order valence-corrected chi connectivity index (χ3v) is 8.43. The van der Waals surface area contributed by atoms with E-state index in [1.54, 1.807) is 12.1 Å². The van der Waals surface area contributed by atoms with Crippen molar-refractivity contribution >= 4 is 49.1 Å². The van der Waals surface area contributed by atoms with Crippen LogP contribution in [-0.2, 0) is 10.0 Å². The lowest BCUT2D eigenvalue weighted by atomic mass is 10.1. The van der Waals surface area contributed by atoms with Crippen molar-refractivity contribution in [3.8, 4) is 0 Å². The Hall–Kier alpha value is -1.81. The van der Waals surface area contributed by atoms with Gasteiger partial charge in [0.15, 0.2) is 5.78 Å². The molecule has 2 aromatic heterocycles. The van der Waals surface area contributed by atoms with Gasteiger partial charge in [0.1, 0.15) is 16.2 Å². The third kappa shape index (κ3) is 3.98. The van der Waals surface area contributed by atoms with Crippen LogP contribution in [0.25, 0.3) is 10.2 Å². The summed E-state index contributed by atoms with van der Waals surface area (Å²) in [5.41, 5.74) is 0.501. The molecule has 1 aromatic carbocycles. The van der Waals surface area contributed by atoms with Gasteiger partial charge in [0.2, 0.25) is 10.0 Å². The fraction of sp³-hybridized carbons (Fsp3) is 0.316. The van der Waals surface area contributed by atoms with Gasteiger partial charge >= 0.3 is 0 Å². The van der Waals surface area contributed by atoms with Crippen molar-refractivity contribution in [1.82, 2.24) is 14.3 Å². The number of sulfonamides is 1. The second kappa shape index (κ2) is 8.28. The lowest BCUT2D eigenvalue weighted by molar-refractivity contribution is 0.102. The molecule has 1 aliphatic rings. The minimum absolute atomic E-state index is 0.0612. The highest BCUT2D eigenvalue weighted by Gasteiger charge is 2.25. The second-order valence-corrected chi connectivity index (χ2v) is 10.3. The fourth-order valence-corrected chi connectivity index (χ4v) is 6.36. The Balaban J connectivity index is 1.44. The number of hydrogen-bond donors (Lipinski definition) is 0. The Labute approximate surface area is 172 Å². The molecular formula is C19H19N3O3S3. The van der Waals surface area contributed by atoms with E-state index in [0.717, 1.165) is 34.5 Å². The highest BCUT2D eigenvalue weighted by Crippen LogP contribution is 2.28. The number of rotatable bonds is 6. The molecule has 3 aromatic rings. The van der Waals surface area contributed by atoms with E-state index in [0.29, 0.717) is 18.7 Å². The van der Waals surface area contributed by atoms with E-state index in [4.69, 9.17) is 0 Å². The predicted molar refractivity (Wildman–Crippen MR) is 112 cm³/mol. The van der Waals surface area contributed by atoms with Crippen molar-refractivity contribution in [2.24, 2.45) is 0 Å². The van der Waals surface area contributed by atoms with E-state index >= 15 is 0 Å². The third-order valence-electron chi connectivity index (χ3n) is 4.69. The molecule has 0 aliphatic carbocycles. The minimum Gasteiger partial charge on any atom is -0.293 e. The molecule has 0 amide bonds. The minimum atomic E-state index is -3.48. The molecule has 0 radical (unpaired) electrons. The predicted octanol–water partition coefficient (Wildman–Crippen LogP) is 3.84. The first-order valence-corrected chi connectivity index (χ1v) is 12.3. The van der Waals surface area contributed by atoms with Gasteiger partial charge in [0.25, 0.3) is 0 Å². The normalized spacial score (nSPS) is 15.7. The highest BCUT2D eigenvalue weighted by molar-refractivity contribution is 8.00. The molecule has 1 saturated heterocycles. The van der Waals surface area contributed by atoms with Crippen LogP contribution in [0.5, 0.6) is 0 Å². The van der Waals surface area contributed by atoms with Gasteiger partial charge in [0, 0.05) is 24.0 Å². The lowest BCUT2D eigenvalue weighted by Crippen LogP contribution is -2.35. The van der Waals surface area contributed by atoms with Crippen molar-refractivity contribution in [3.05, 3.63) is 47.6 Å². The standard InChI is InChI=1S/C19H19N3O3S3/c23-17(12-27-19-16-8-11-26-18(16)20-13-21-19)14-4-6-15(7-5-14)28(24,25)22-9-2-1-3-10-22/h4-8,11,13H,1-3,9-10,12H2. The van der Waals surface area contributed by atoms with Crippen molar-refractivity contribution < 1.29 is 13.2 Å². The zero-order valence-corrected chi connectivity index (χ0v) is 17.5. The fourth-order valence-electron chi connectivity index (χ4n) is 3.17. The lowest BCUT2D eigenvalue weighted by Gasteiger charge is -2.25. The first-order valence-electron chi connectivity index (χ1n) is 9.00. The first-order chi connectivity index (χ1) is 13.6. The van der Waals surface area contributed by atoms with E-state index < -0.39 is 10.0 Å². The molecule has 1 fully saturated rings. The first kappa shape index (κ1) is 19.5. The van der Waals surface area contributed by atoms with Gasteiger partial charge in [-0.2, -0.15) is 4.31 Å². The molecule has 0 saturated carbocycles. The van der Waals surface area contributed by atoms with Crippen LogP contribution in [0.15, 0.2) is 52.0 Å². The van der Waals surface area contributed by atoms with Gasteiger partial charge in [-0.25, -0.2) is 18.4 Å². The largest absolute Gasteiger partial charge is 0.293 e. The number of carbonyl (C=O) groups is 1. The van der Waals surface area contributed by atoms with Crippen LogP contribution in [0.2, 0.25) is 0 Å². The van der Waals surface area contributed by atoms with Gasteiger partial charge in [-0.15, -0.1) is 11.3 Å². The number of Topliss-reactive ketones (excluding diaryl/α,β-unsaturated/α-hetero) is 1. The summed E-state index contributed by atoms with van der Waals surface area (Å²) in [5, 5.41) is 3.68. The molecule has 9 heteroatoms. The number of nitrogens with zero attached hydrogens (tertiary/aromatic N) is 3. The van der Waals surface area contributed by atoms with Crippen LogP contribution in [0, 0.1) is 0 Å². The number of hydrogen-bond acceptors (Lipinski definition) is 7. The molecular weight excluding hydrogens is 414 g/mol. The summed E-state index contributed by atoms with van der Waals surface area (Å²) < 4.78 is 26.9. The number of benzene rings is 1. The average molecular weight is 434 g/mol. The van der Waals surface area contributed by atoms with E-state index in [1.165, 1.54) is 45.9 Å². The van der Waals surface area contributed by atoms with Gasteiger partial charge in [-0.1, -0.05) is 30.3 Å². The van der Waals surface area contributed by atoms with Crippen LogP contribution < -0.4 is 0 Å². The summed E-state index contributed by atoms with van der Waals surface area (Å²) in [6, 6.07) is 8.21. The van der Waals surface area contributed by atoms with Crippen molar-refractivity contribution in [1.29, 1.82) is 0 Å². The number of ketones is 1. The van der Waals surface area contributed by atoms with Crippen molar-refractivity contribution in [3.63, 3.8) is 0 Å².